The van der Waals surface area contributed by atoms with Gasteiger partial charge in [-0.3, -0.25) is 0 Å². The Kier molecular flexibility index (Phi) is 9.92. The monoisotopic (exact) mass is 156 g/mol. The number of hydrogen-bond donors (Lipinski definition) is 1. The molecule has 0 aliphatic carbocycles. The summed E-state index contributed by atoms with van der Waals surface area (Å²) >= 11 is 0. The molecular weight excluding hydrogens is 134 g/mol. The van der Waals surface area contributed by atoms with E-state index in [-0.39, 0.29) is 0 Å². The van der Waals surface area contributed by atoms with Gasteiger partial charge in [0.25, 0.3) is 0 Å². The molecule has 1 radical (unpaired) electrons. The van der Waals surface area contributed by atoms with Crippen LogP contribution >= 0.6 is 0 Å². The van der Waals surface area contributed by atoms with Crippen molar-refractivity contribution in [1.29, 1.82) is 0 Å². The van der Waals surface area contributed by atoms with Crippen LogP contribution in [-0.2, 0) is 0 Å². The molecule has 0 fully saturated rings. The van der Waals surface area contributed by atoms with Crippen LogP contribution in [0.4, 0.5) is 0 Å². The standard InChI is InChI=1S/C10H22N/c1-3-5-6-7-8-9-10-11-4-2/h11H,1,3-10H2,2H3. The lowest BCUT2D eigenvalue weighted by Gasteiger charge is -2.00. The molecule has 0 aromatic rings. The van der Waals surface area contributed by atoms with Gasteiger partial charge in [-0.15, -0.1) is 0 Å². The average molecular weight is 156 g/mol. The van der Waals surface area contributed by atoms with Gasteiger partial charge in [-0.2, -0.15) is 0 Å². The fourth-order valence-electron chi connectivity index (χ4n) is 1.13. The van der Waals surface area contributed by atoms with E-state index in [2.05, 4.69) is 19.2 Å². The Balaban J connectivity index is 2.69. The van der Waals surface area contributed by atoms with Crippen molar-refractivity contribution in [3.8, 4) is 0 Å². The zero-order chi connectivity index (χ0) is 8.36. The highest BCUT2D eigenvalue weighted by Crippen LogP contribution is 2.03. The molecule has 0 aromatic carbocycles. The van der Waals surface area contributed by atoms with Crippen LogP contribution in [0.3, 0.4) is 0 Å². The molecule has 0 aliphatic heterocycles. The van der Waals surface area contributed by atoms with E-state index in [1.807, 2.05) is 0 Å². The zero-order valence-electron chi connectivity index (χ0n) is 7.86. The predicted molar refractivity (Wildman–Crippen MR) is 51.6 cm³/mol. The third-order valence-electron chi connectivity index (χ3n) is 1.85. The van der Waals surface area contributed by atoms with E-state index in [0.717, 1.165) is 13.0 Å². The largest absolute Gasteiger partial charge is 0.317 e. The van der Waals surface area contributed by atoms with Gasteiger partial charge in [0.1, 0.15) is 0 Å². The van der Waals surface area contributed by atoms with Gasteiger partial charge in [0.15, 0.2) is 0 Å². The van der Waals surface area contributed by atoms with Crippen molar-refractivity contribution < 1.29 is 0 Å². The lowest BCUT2D eigenvalue weighted by molar-refractivity contribution is 0.585. The van der Waals surface area contributed by atoms with Crippen molar-refractivity contribution >= 4 is 0 Å². The van der Waals surface area contributed by atoms with Crippen LogP contribution in [0.2, 0.25) is 0 Å². The Hall–Kier alpha value is -0.0400. The highest BCUT2D eigenvalue weighted by molar-refractivity contribution is 4.48. The normalized spacial score (nSPS) is 10.4. The topological polar surface area (TPSA) is 12.0 Å². The lowest BCUT2D eigenvalue weighted by atomic mass is 10.1. The third kappa shape index (κ3) is 9.96. The van der Waals surface area contributed by atoms with Crippen molar-refractivity contribution in [3.05, 3.63) is 6.92 Å². The Morgan fingerprint density at radius 2 is 1.64 bits per heavy atom. The molecule has 1 heteroatoms. The van der Waals surface area contributed by atoms with Gasteiger partial charge in [0, 0.05) is 0 Å². The van der Waals surface area contributed by atoms with E-state index in [9.17, 15) is 0 Å². The minimum atomic E-state index is 1.10. The smallest absolute Gasteiger partial charge is 0.00490 e. The summed E-state index contributed by atoms with van der Waals surface area (Å²) in [4.78, 5) is 0. The van der Waals surface area contributed by atoms with E-state index in [0.29, 0.717) is 0 Å². The number of hydrogen-bond acceptors (Lipinski definition) is 1. The van der Waals surface area contributed by atoms with Crippen molar-refractivity contribution in [2.24, 2.45) is 0 Å². The van der Waals surface area contributed by atoms with Crippen LogP contribution in [0.25, 0.3) is 0 Å². The van der Waals surface area contributed by atoms with Crippen LogP contribution in [0.15, 0.2) is 0 Å². The van der Waals surface area contributed by atoms with E-state index in [1.165, 1.54) is 38.6 Å². The van der Waals surface area contributed by atoms with E-state index in [1.54, 1.807) is 0 Å². The molecule has 0 bridgehead atoms. The summed E-state index contributed by atoms with van der Waals surface area (Å²) in [5, 5.41) is 3.33. The van der Waals surface area contributed by atoms with Crippen molar-refractivity contribution in [1.82, 2.24) is 5.32 Å². The summed E-state index contributed by atoms with van der Waals surface area (Å²) in [6.07, 6.45) is 7.89. The molecule has 67 valence electrons. The SMILES string of the molecule is [CH2]CCCCCCCNCC. The quantitative estimate of drug-likeness (QED) is 0.533. The van der Waals surface area contributed by atoms with Crippen LogP contribution < -0.4 is 5.32 Å². The molecule has 0 rings (SSSR count). The van der Waals surface area contributed by atoms with Gasteiger partial charge in [-0.25, -0.2) is 0 Å². The minimum absolute atomic E-state index is 1.10. The fourth-order valence-corrected chi connectivity index (χ4v) is 1.13. The Bertz CT molecular complexity index is 53.9. The summed E-state index contributed by atoms with van der Waals surface area (Å²) in [5.74, 6) is 0. The Morgan fingerprint density at radius 3 is 2.27 bits per heavy atom. The lowest BCUT2D eigenvalue weighted by Crippen LogP contribution is -2.13. The number of nitrogens with one attached hydrogen (secondary N) is 1. The van der Waals surface area contributed by atoms with E-state index < -0.39 is 0 Å². The average Bonchev–Trinajstić information content (AvgIpc) is 2.03. The van der Waals surface area contributed by atoms with Gasteiger partial charge in [0.05, 0.1) is 0 Å². The molecule has 0 saturated heterocycles. The summed E-state index contributed by atoms with van der Waals surface area (Å²) < 4.78 is 0. The molecule has 0 amide bonds. The molecule has 11 heavy (non-hydrogen) atoms. The molecule has 0 unspecified atom stereocenters. The maximum absolute atomic E-state index is 3.82. The first-order valence-corrected chi connectivity index (χ1v) is 4.91. The molecule has 1 N–H and O–H groups in total. The second-order valence-electron chi connectivity index (χ2n) is 2.97. The van der Waals surface area contributed by atoms with Crippen molar-refractivity contribution in [2.75, 3.05) is 13.1 Å². The van der Waals surface area contributed by atoms with Crippen LogP contribution in [-0.4, -0.2) is 13.1 Å². The molecule has 0 aromatic heterocycles. The summed E-state index contributed by atoms with van der Waals surface area (Å²) in [6, 6.07) is 0. The maximum atomic E-state index is 3.82. The minimum Gasteiger partial charge on any atom is -0.317 e. The van der Waals surface area contributed by atoms with Gasteiger partial charge in [0.2, 0.25) is 0 Å². The van der Waals surface area contributed by atoms with Crippen LogP contribution in [0.5, 0.6) is 0 Å². The summed E-state index contributed by atoms with van der Waals surface area (Å²) in [7, 11) is 0. The third-order valence-corrected chi connectivity index (χ3v) is 1.85. The van der Waals surface area contributed by atoms with E-state index in [4.69, 9.17) is 0 Å². The summed E-state index contributed by atoms with van der Waals surface area (Å²) in [5.41, 5.74) is 0. The van der Waals surface area contributed by atoms with Crippen LogP contribution in [0.1, 0.15) is 45.4 Å². The maximum Gasteiger partial charge on any atom is -0.00490 e. The predicted octanol–water partition coefficient (Wildman–Crippen LogP) is 2.77. The second kappa shape index (κ2) is 9.96. The molecular formula is C10H22N. The van der Waals surface area contributed by atoms with Crippen LogP contribution in [0, 0.1) is 6.92 Å². The number of unbranched alkanes of at least 4 members (excludes halogenated alkanes) is 5. The fraction of sp³-hybridized carbons (Fsp3) is 0.900. The van der Waals surface area contributed by atoms with Gasteiger partial charge >= 0.3 is 0 Å². The Morgan fingerprint density at radius 1 is 1.00 bits per heavy atom. The Labute approximate surface area is 71.6 Å². The molecule has 1 nitrogen and oxygen atoms in total. The first-order valence-electron chi connectivity index (χ1n) is 4.91. The summed E-state index contributed by atoms with van der Waals surface area (Å²) in [6.45, 7) is 8.28. The highest BCUT2D eigenvalue weighted by Gasteiger charge is 1.88. The van der Waals surface area contributed by atoms with E-state index >= 15 is 0 Å². The molecule has 0 heterocycles. The second-order valence-corrected chi connectivity index (χ2v) is 2.97. The van der Waals surface area contributed by atoms with Gasteiger partial charge in [-0.05, 0) is 19.5 Å². The molecule has 0 saturated carbocycles. The first-order chi connectivity index (χ1) is 5.41. The van der Waals surface area contributed by atoms with Gasteiger partial charge in [-0.1, -0.05) is 46.0 Å². The van der Waals surface area contributed by atoms with Crippen molar-refractivity contribution in [2.45, 2.75) is 45.4 Å². The first kappa shape index (κ1) is 11.0. The molecule has 0 atom stereocenters. The van der Waals surface area contributed by atoms with Gasteiger partial charge < -0.3 is 5.32 Å². The zero-order valence-corrected chi connectivity index (χ0v) is 7.86. The molecule has 0 aliphatic rings. The number of rotatable bonds is 8. The highest BCUT2D eigenvalue weighted by atomic mass is 14.8. The molecule has 0 spiro atoms. The van der Waals surface area contributed by atoms with Crippen molar-refractivity contribution in [3.63, 3.8) is 0 Å².